The van der Waals surface area contributed by atoms with Gasteiger partial charge < -0.3 is 20.3 Å². The minimum Gasteiger partial charge on any atom is -0.497 e. The molecule has 0 saturated carbocycles. The van der Waals surface area contributed by atoms with Crippen LogP contribution < -0.4 is 20.3 Å². The minimum absolute atomic E-state index is 0.0537. The van der Waals surface area contributed by atoms with Gasteiger partial charge in [-0.05, 0) is 12.1 Å². The second-order valence-electron chi connectivity index (χ2n) is 4.29. The van der Waals surface area contributed by atoms with Gasteiger partial charge in [0, 0.05) is 25.7 Å². The van der Waals surface area contributed by atoms with Crippen LogP contribution in [0.5, 0.6) is 5.75 Å². The van der Waals surface area contributed by atoms with Crippen molar-refractivity contribution in [1.29, 1.82) is 0 Å². The second kappa shape index (κ2) is 3.92. The number of hydrogen-bond acceptors (Lipinski definition) is 4. The number of nitrogens with one attached hydrogen (secondary N) is 2. The summed E-state index contributed by atoms with van der Waals surface area (Å²) in [6.45, 7) is 2.48. The van der Waals surface area contributed by atoms with Crippen LogP contribution in [0.4, 0.5) is 11.4 Å². The Bertz CT molecular complexity index is 461. The van der Waals surface area contributed by atoms with E-state index in [9.17, 15) is 4.79 Å². The molecule has 90 valence electrons. The summed E-state index contributed by atoms with van der Waals surface area (Å²) in [6.07, 6.45) is 0. The third-order valence-electron chi connectivity index (χ3n) is 3.32. The molecule has 1 unspecified atom stereocenters. The Kier molecular flexibility index (Phi) is 2.40. The third-order valence-corrected chi connectivity index (χ3v) is 3.32. The number of fused-ring (bicyclic) bond motifs is 3. The zero-order valence-electron chi connectivity index (χ0n) is 9.69. The number of piperazine rings is 1. The molecular formula is C12H15N3O2. The van der Waals surface area contributed by atoms with E-state index < -0.39 is 0 Å². The van der Waals surface area contributed by atoms with Crippen LogP contribution in [0.15, 0.2) is 18.2 Å². The molecule has 0 bridgehead atoms. The van der Waals surface area contributed by atoms with Crippen molar-refractivity contribution in [2.75, 3.05) is 37.0 Å². The molecule has 5 heteroatoms. The first-order chi connectivity index (χ1) is 8.29. The second-order valence-corrected chi connectivity index (χ2v) is 4.29. The van der Waals surface area contributed by atoms with E-state index in [0.29, 0.717) is 6.54 Å². The lowest BCUT2D eigenvalue weighted by atomic mass is 10.1. The molecule has 0 aliphatic carbocycles. The number of rotatable bonds is 1. The van der Waals surface area contributed by atoms with Gasteiger partial charge in [-0.3, -0.25) is 4.79 Å². The van der Waals surface area contributed by atoms with Crippen molar-refractivity contribution in [3.05, 3.63) is 18.2 Å². The molecule has 0 spiro atoms. The number of amides is 1. The van der Waals surface area contributed by atoms with E-state index >= 15 is 0 Å². The van der Waals surface area contributed by atoms with Gasteiger partial charge in [-0.25, -0.2) is 0 Å². The number of methoxy groups -OCH3 is 1. The number of carbonyl (C=O) groups is 1. The lowest BCUT2D eigenvalue weighted by molar-refractivity contribution is -0.117. The summed E-state index contributed by atoms with van der Waals surface area (Å²) < 4.78 is 5.17. The average molecular weight is 233 g/mol. The number of anilines is 2. The fraction of sp³-hybridized carbons (Fsp3) is 0.417. The number of ether oxygens (including phenoxy) is 1. The van der Waals surface area contributed by atoms with E-state index in [-0.39, 0.29) is 11.9 Å². The quantitative estimate of drug-likeness (QED) is 0.738. The topological polar surface area (TPSA) is 53.6 Å². The van der Waals surface area contributed by atoms with Crippen molar-refractivity contribution < 1.29 is 9.53 Å². The SMILES string of the molecule is COc1ccc2c(c1)NC(=O)C1CNCCN21. The maximum absolute atomic E-state index is 12.0. The van der Waals surface area contributed by atoms with Crippen LogP contribution >= 0.6 is 0 Å². The first-order valence-electron chi connectivity index (χ1n) is 5.76. The molecule has 2 aliphatic heterocycles. The van der Waals surface area contributed by atoms with Crippen LogP contribution in [0, 0.1) is 0 Å². The highest BCUT2D eigenvalue weighted by atomic mass is 16.5. The van der Waals surface area contributed by atoms with Crippen molar-refractivity contribution >= 4 is 17.3 Å². The molecule has 0 aromatic heterocycles. The minimum atomic E-state index is -0.0929. The average Bonchev–Trinajstić information content (AvgIpc) is 2.38. The predicted molar refractivity (Wildman–Crippen MR) is 65.6 cm³/mol. The van der Waals surface area contributed by atoms with Crippen LogP contribution in [0.2, 0.25) is 0 Å². The first-order valence-corrected chi connectivity index (χ1v) is 5.76. The summed E-state index contributed by atoms with van der Waals surface area (Å²) in [5.74, 6) is 0.815. The van der Waals surface area contributed by atoms with E-state index in [1.807, 2.05) is 18.2 Å². The maximum Gasteiger partial charge on any atom is 0.248 e. The molecule has 0 radical (unpaired) electrons. The van der Waals surface area contributed by atoms with Gasteiger partial charge in [0.25, 0.3) is 0 Å². The number of carbonyl (C=O) groups excluding carboxylic acids is 1. The summed E-state index contributed by atoms with van der Waals surface area (Å²) in [5, 5.41) is 6.17. The summed E-state index contributed by atoms with van der Waals surface area (Å²) in [6, 6.07) is 5.71. The molecule has 1 aromatic rings. The number of benzene rings is 1. The van der Waals surface area contributed by atoms with Gasteiger partial charge in [0.05, 0.1) is 18.5 Å². The van der Waals surface area contributed by atoms with Crippen molar-refractivity contribution in [1.82, 2.24) is 5.32 Å². The zero-order valence-corrected chi connectivity index (χ0v) is 9.69. The van der Waals surface area contributed by atoms with Crippen LogP contribution in [-0.4, -0.2) is 38.7 Å². The maximum atomic E-state index is 12.0. The highest BCUT2D eigenvalue weighted by molar-refractivity contribution is 6.04. The van der Waals surface area contributed by atoms with E-state index in [1.54, 1.807) is 7.11 Å². The Hall–Kier alpha value is -1.75. The van der Waals surface area contributed by atoms with E-state index in [4.69, 9.17) is 4.74 Å². The van der Waals surface area contributed by atoms with Gasteiger partial charge in [0.1, 0.15) is 11.8 Å². The largest absolute Gasteiger partial charge is 0.497 e. The molecule has 1 amide bonds. The summed E-state index contributed by atoms with van der Waals surface area (Å²) in [7, 11) is 1.62. The molecule has 5 nitrogen and oxygen atoms in total. The van der Waals surface area contributed by atoms with Crippen LogP contribution in [0.1, 0.15) is 0 Å². The standard InChI is InChI=1S/C12H15N3O2/c1-17-8-2-3-10-9(6-8)14-12(16)11-7-13-4-5-15(10)11/h2-3,6,11,13H,4-5,7H2,1H3,(H,14,16). The molecule has 1 saturated heterocycles. The van der Waals surface area contributed by atoms with Gasteiger partial charge in [0.2, 0.25) is 5.91 Å². The van der Waals surface area contributed by atoms with E-state index in [2.05, 4.69) is 15.5 Å². The Balaban J connectivity index is 2.02. The molecule has 17 heavy (non-hydrogen) atoms. The number of hydrogen-bond donors (Lipinski definition) is 2. The van der Waals surface area contributed by atoms with Gasteiger partial charge >= 0.3 is 0 Å². The van der Waals surface area contributed by atoms with Crippen molar-refractivity contribution in [2.45, 2.75) is 6.04 Å². The van der Waals surface area contributed by atoms with Gasteiger partial charge in [0.15, 0.2) is 0 Å². The summed E-state index contributed by atoms with van der Waals surface area (Å²) in [4.78, 5) is 14.1. The summed E-state index contributed by atoms with van der Waals surface area (Å²) >= 11 is 0. The molecule has 3 rings (SSSR count). The predicted octanol–water partition coefficient (Wildman–Crippen LogP) is 0.425. The third kappa shape index (κ3) is 1.63. The normalized spacial score (nSPS) is 22.5. The molecule has 2 aliphatic rings. The Morgan fingerprint density at radius 1 is 1.47 bits per heavy atom. The monoisotopic (exact) mass is 233 g/mol. The lowest BCUT2D eigenvalue weighted by Crippen LogP contribution is -2.58. The Morgan fingerprint density at radius 3 is 3.18 bits per heavy atom. The van der Waals surface area contributed by atoms with Gasteiger partial charge in [-0.2, -0.15) is 0 Å². The number of nitrogens with zero attached hydrogens (tertiary/aromatic N) is 1. The molecule has 1 fully saturated rings. The Morgan fingerprint density at radius 2 is 2.35 bits per heavy atom. The fourth-order valence-corrected chi connectivity index (χ4v) is 2.44. The Labute approximate surface area is 99.7 Å². The fourth-order valence-electron chi connectivity index (χ4n) is 2.44. The molecule has 2 heterocycles. The molecule has 1 aromatic carbocycles. The van der Waals surface area contributed by atoms with E-state index in [0.717, 1.165) is 30.2 Å². The van der Waals surface area contributed by atoms with E-state index in [1.165, 1.54) is 0 Å². The summed E-state index contributed by atoms with van der Waals surface area (Å²) in [5.41, 5.74) is 1.92. The van der Waals surface area contributed by atoms with Gasteiger partial charge in [-0.15, -0.1) is 0 Å². The first kappa shape index (κ1) is 10.4. The molecular weight excluding hydrogens is 218 g/mol. The van der Waals surface area contributed by atoms with Crippen molar-refractivity contribution in [3.8, 4) is 5.75 Å². The highest BCUT2D eigenvalue weighted by Gasteiger charge is 2.34. The highest BCUT2D eigenvalue weighted by Crippen LogP contribution is 2.35. The van der Waals surface area contributed by atoms with Crippen LogP contribution in [0.3, 0.4) is 0 Å². The zero-order chi connectivity index (χ0) is 11.8. The van der Waals surface area contributed by atoms with Crippen LogP contribution in [0.25, 0.3) is 0 Å². The van der Waals surface area contributed by atoms with Gasteiger partial charge in [-0.1, -0.05) is 0 Å². The molecule has 2 N–H and O–H groups in total. The van der Waals surface area contributed by atoms with Crippen LogP contribution in [-0.2, 0) is 4.79 Å². The molecule has 1 atom stereocenters. The smallest absolute Gasteiger partial charge is 0.248 e. The van der Waals surface area contributed by atoms with Crippen molar-refractivity contribution in [2.24, 2.45) is 0 Å². The lowest BCUT2D eigenvalue weighted by Gasteiger charge is -2.41. The van der Waals surface area contributed by atoms with Crippen molar-refractivity contribution in [3.63, 3.8) is 0 Å².